The second-order valence-corrected chi connectivity index (χ2v) is 7.99. The summed E-state index contributed by atoms with van der Waals surface area (Å²) < 4.78 is 29.6. The van der Waals surface area contributed by atoms with E-state index >= 15 is 0 Å². The highest BCUT2D eigenvalue weighted by Gasteiger charge is 2.38. The van der Waals surface area contributed by atoms with Gasteiger partial charge < -0.3 is 9.84 Å². The number of aliphatic hydroxyl groups is 1. The maximum atomic E-state index is 11.8. The molecule has 21 heavy (non-hydrogen) atoms. The Morgan fingerprint density at radius 1 is 1.38 bits per heavy atom. The van der Waals surface area contributed by atoms with Crippen molar-refractivity contribution in [2.75, 3.05) is 39.5 Å². The Morgan fingerprint density at radius 3 is 2.71 bits per heavy atom. The molecule has 3 unspecified atom stereocenters. The van der Waals surface area contributed by atoms with E-state index in [-0.39, 0.29) is 11.9 Å². The lowest BCUT2D eigenvalue weighted by Gasteiger charge is -2.34. The lowest BCUT2D eigenvalue weighted by atomic mass is 9.99. The molecule has 0 aromatic heterocycles. The second kappa shape index (κ2) is 6.60. The van der Waals surface area contributed by atoms with E-state index in [9.17, 15) is 18.3 Å². The highest BCUT2D eigenvalue weighted by atomic mass is 32.2. The molecule has 8 heteroatoms. The van der Waals surface area contributed by atoms with Crippen molar-refractivity contribution in [1.29, 1.82) is 0 Å². The fourth-order valence-corrected chi connectivity index (χ4v) is 4.21. The number of ether oxygens (including phenoxy) is 1. The van der Waals surface area contributed by atoms with Crippen molar-refractivity contribution in [1.82, 2.24) is 9.21 Å². The quantitative estimate of drug-likeness (QED) is 0.687. The predicted molar refractivity (Wildman–Crippen MR) is 77.1 cm³/mol. The largest absolute Gasteiger partial charge is 0.468 e. The maximum absolute atomic E-state index is 11.8. The number of β-amino-alcohol motifs (C(OH)–C–C–N with tert-alkyl or cyclic N) is 1. The smallest absolute Gasteiger partial charge is 0.323 e. The third-order valence-corrected chi connectivity index (χ3v) is 5.57. The first-order valence-corrected chi connectivity index (χ1v) is 9.11. The van der Waals surface area contributed by atoms with Crippen molar-refractivity contribution >= 4 is 16.0 Å². The molecule has 2 aliphatic heterocycles. The van der Waals surface area contributed by atoms with E-state index in [1.807, 2.05) is 4.90 Å². The Morgan fingerprint density at radius 2 is 2.10 bits per heavy atom. The number of piperidine rings is 1. The van der Waals surface area contributed by atoms with Crippen LogP contribution in [0.1, 0.15) is 19.3 Å². The third-order valence-electron chi connectivity index (χ3n) is 4.30. The first-order valence-electron chi connectivity index (χ1n) is 7.26. The molecule has 7 nitrogen and oxygen atoms in total. The lowest BCUT2D eigenvalue weighted by Crippen LogP contribution is -2.46. The van der Waals surface area contributed by atoms with Crippen LogP contribution in [0.5, 0.6) is 0 Å². The van der Waals surface area contributed by atoms with Crippen molar-refractivity contribution in [3.8, 4) is 0 Å². The Hall–Kier alpha value is -0.700. The molecular weight excluding hydrogens is 296 g/mol. The summed E-state index contributed by atoms with van der Waals surface area (Å²) in [5.41, 5.74) is 0. The number of carbonyl (C=O) groups is 1. The van der Waals surface area contributed by atoms with Crippen molar-refractivity contribution < 1.29 is 23.1 Å². The number of carbonyl (C=O) groups excluding carboxylic acids is 1. The van der Waals surface area contributed by atoms with Crippen LogP contribution in [0.15, 0.2) is 0 Å². The summed E-state index contributed by atoms with van der Waals surface area (Å²) in [6, 6.07) is -0.418. The van der Waals surface area contributed by atoms with Crippen LogP contribution in [0.4, 0.5) is 0 Å². The molecule has 0 aromatic carbocycles. The second-order valence-electron chi connectivity index (χ2n) is 6.01. The summed E-state index contributed by atoms with van der Waals surface area (Å²) in [4.78, 5) is 13.7. The van der Waals surface area contributed by atoms with Gasteiger partial charge in [-0.1, -0.05) is 0 Å². The molecule has 0 aliphatic carbocycles. The summed E-state index contributed by atoms with van der Waals surface area (Å²) in [7, 11) is -1.82. The Bertz CT molecular complexity index is 481. The molecule has 0 amide bonds. The van der Waals surface area contributed by atoms with E-state index in [4.69, 9.17) is 4.74 Å². The minimum absolute atomic E-state index is 0.186. The lowest BCUT2D eigenvalue weighted by molar-refractivity contribution is -0.146. The highest BCUT2D eigenvalue weighted by molar-refractivity contribution is 7.88. The van der Waals surface area contributed by atoms with Gasteiger partial charge in [0.25, 0.3) is 0 Å². The molecule has 0 radical (unpaired) electrons. The van der Waals surface area contributed by atoms with E-state index < -0.39 is 22.2 Å². The van der Waals surface area contributed by atoms with Gasteiger partial charge in [0.1, 0.15) is 6.04 Å². The first kappa shape index (κ1) is 16.7. The summed E-state index contributed by atoms with van der Waals surface area (Å²) in [6.45, 7) is 2.11. The van der Waals surface area contributed by atoms with Crippen LogP contribution in [0, 0.1) is 5.92 Å². The SMILES string of the molecule is COC(=O)C1CC(O)CN1CC1CCCN(S(C)(=O)=O)C1. The minimum Gasteiger partial charge on any atom is -0.468 e. The van der Waals surface area contributed by atoms with Gasteiger partial charge in [0.05, 0.1) is 19.5 Å². The van der Waals surface area contributed by atoms with Gasteiger partial charge in [-0.3, -0.25) is 9.69 Å². The van der Waals surface area contributed by atoms with Crippen molar-refractivity contribution in [3.05, 3.63) is 0 Å². The first-order chi connectivity index (χ1) is 9.81. The number of nitrogens with zero attached hydrogens (tertiary/aromatic N) is 2. The van der Waals surface area contributed by atoms with E-state index in [1.165, 1.54) is 17.7 Å². The van der Waals surface area contributed by atoms with Gasteiger partial charge in [0.15, 0.2) is 0 Å². The van der Waals surface area contributed by atoms with Crippen molar-refractivity contribution in [2.24, 2.45) is 5.92 Å². The summed E-state index contributed by atoms with van der Waals surface area (Å²) >= 11 is 0. The number of esters is 1. The summed E-state index contributed by atoms with van der Waals surface area (Å²) in [6.07, 6.45) is 2.86. The average Bonchev–Trinajstić information content (AvgIpc) is 2.78. The summed E-state index contributed by atoms with van der Waals surface area (Å²) in [5, 5.41) is 9.77. The van der Waals surface area contributed by atoms with Crippen LogP contribution < -0.4 is 0 Å². The van der Waals surface area contributed by atoms with Gasteiger partial charge >= 0.3 is 5.97 Å². The fourth-order valence-electron chi connectivity index (χ4n) is 3.27. The molecule has 0 saturated carbocycles. The molecule has 0 aromatic rings. The number of hydrogen-bond acceptors (Lipinski definition) is 6. The molecule has 0 bridgehead atoms. The molecular formula is C13H24N2O5S. The third kappa shape index (κ3) is 4.15. The van der Waals surface area contributed by atoms with Gasteiger partial charge in [-0.25, -0.2) is 12.7 Å². The molecule has 0 spiro atoms. The van der Waals surface area contributed by atoms with Crippen LogP contribution in [-0.2, 0) is 19.6 Å². The van der Waals surface area contributed by atoms with Crippen LogP contribution in [0.25, 0.3) is 0 Å². The number of aliphatic hydroxyl groups excluding tert-OH is 1. The standard InChI is InChI=1S/C13H24N2O5S/c1-20-13(17)12-6-11(16)9-14(12)7-10-4-3-5-15(8-10)21(2,18)19/h10-12,16H,3-9H2,1-2H3. The van der Waals surface area contributed by atoms with Crippen LogP contribution in [0.2, 0.25) is 0 Å². The zero-order chi connectivity index (χ0) is 15.6. The molecule has 2 rings (SSSR count). The highest BCUT2D eigenvalue weighted by Crippen LogP contribution is 2.25. The minimum atomic E-state index is -3.16. The summed E-state index contributed by atoms with van der Waals surface area (Å²) in [5.74, 6) is -0.145. The van der Waals surface area contributed by atoms with E-state index in [0.29, 0.717) is 32.6 Å². The predicted octanol–water partition coefficient (Wildman–Crippen LogP) is -0.734. The van der Waals surface area contributed by atoms with E-state index in [0.717, 1.165) is 12.8 Å². The monoisotopic (exact) mass is 320 g/mol. The number of sulfonamides is 1. The molecule has 2 saturated heterocycles. The van der Waals surface area contributed by atoms with Crippen LogP contribution in [-0.4, -0.2) is 80.4 Å². The fraction of sp³-hybridized carbons (Fsp3) is 0.923. The molecule has 2 heterocycles. The van der Waals surface area contributed by atoms with Crippen molar-refractivity contribution in [3.63, 3.8) is 0 Å². The molecule has 2 aliphatic rings. The Kier molecular flexibility index (Phi) is 5.24. The normalized spacial score (nSPS) is 32.2. The molecule has 2 fully saturated rings. The molecule has 1 N–H and O–H groups in total. The Labute approximate surface area is 125 Å². The van der Waals surface area contributed by atoms with Gasteiger partial charge in [-0.15, -0.1) is 0 Å². The zero-order valence-corrected chi connectivity index (χ0v) is 13.4. The number of likely N-dealkylation sites (tertiary alicyclic amines) is 1. The number of methoxy groups -OCH3 is 1. The Balaban J connectivity index is 1.98. The van der Waals surface area contributed by atoms with Crippen molar-refractivity contribution in [2.45, 2.75) is 31.4 Å². The number of rotatable bonds is 4. The zero-order valence-electron chi connectivity index (χ0n) is 12.6. The number of hydrogen-bond donors (Lipinski definition) is 1. The topological polar surface area (TPSA) is 87.2 Å². The van der Waals surface area contributed by atoms with Gasteiger partial charge in [-0.2, -0.15) is 0 Å². The van der Waals surface area contributed by atoms with Crippen LogP contribution >= 0.6 is 0 Å². The maximum Gasteiger partial charge on any atom is 0.323 e. The van der Waals surface area contributed by atoms with Gasteiger partial charge in [0, 0.05) is 32.6 Å². The van der Waals surface area contributed by atoms with Gasteiger partial charge in [-0.05, 0) is 18.8 Å². The van der Waals surface area contributed by atoms with E-state index in [1.54, 1.807) is 0 Å². The average molecular weight is 320 g/mol. The van der Waals surface area contributed by atoms with Gasteiger partial charge in [0.2, 0.25) is 10.0 Å². The molecule has 122 valence electrons. The van der Waals surface area contributed by atoms with E-state index in [2.05, 4.69) is 0 Å². The van der Waals surface area contributed by atoms with Crippen LogP contribution in [0.3, 0.4) is 0 Å². The molecule has 3 atom stereocenters.